The fraction of sp³-hybridized carbons (Fsp3) is 0.333. The second kappa shape index (κ2) is 8.21. The third kappa shape index (κ3) is 4.36. The Morgan fingerprint density at radius 2 is 1.89 bits per heavy atom. The second-order valence-electron chi connectivity index (χ2n) is 6.80. The Kier molecular flexibility index (Phi) is 5.73. The molecule has 0 unspecified atom stereocenters. The van der Waals surface area contributed by atoms with Crippen molar-refractivity contribution in [3.05, 3.63) is 59.0 Å². The number of rotatable bonds is 6. The van der Waals surface area contributed by atoms with E-state index in [4.69, 9.17) is 4.74 Å². The molecule has 2 aromatic heterocycles. The molecule has 0 aliphatic heterocycles. The van der Waals surface area contributed by atoms with E-state index >= 15 is 0 Å². The number of carbonyl (C=O) groups excluding carboxylic acids is 2. The second-order valence-corrected chi connectivity index (χ2v) is 6.80. The summed E-state index contributed by atoms with van der Waals surface area (Å²) in [6.45, 7) is 7.37. The van der Waals surface area contributed by atoms with Crippen LogP contribution in [0.4, 0.5) is 5.69 Å². The highest BCUT2D eigenvalue weighted by Crippen LogP contribution is 2.17. The Labute approximate surface area is 163 Å². The van der Waals surface area contributed by atoms with Gasteiger partial charge in [-0.3, -0.25) is 9.59 Å². The summed E-state index contributed by atoms with van der Waals surface area (Å²) in [5, 5.41) is 7.16. The van der Waals surface area contributed by atoms with Gasteiger partial charge in [0.25, 0.3) is 5.91 Å². The van der Waals surface area contributed by atoms with E-state index in [0.29, 0.717) is 12.1 Å². The number of nitrogens with one attached hydrogen (secondary N) is 1. The van der Waals surface area contributed by atoms with E-state index in [0.717, 1.165) is 28.3 Å². The molecule has 7 heteroatoms. The number of fused-ring (bicyclic) bond motifs is 1. The van der Waals surface area contributed by atoms with Crippen molar-refractivity contribution in [3.8, 4) is 0 Å². The van der Waals surface area contributed by atoms with Gasteiger partial charge in [0, 0.05) is 29.6 Å². The molecule has 1 aromatic carbocycles. The van der Waals surface area contributed by atoms with Crippen molar-refractivity contribution in [2.24, 2.45) is 0 Å². The topological polar surface area (TPSA) is 85.6 Å². The molecule has 0 saturated carbocycles. The lowest BCUT2D eigenvalue weighted by Gasteiger charge is -2.14. The van der Waals surface area contributed by atoms with E-state index in [9.17, 15) is 9.59 Å². The van der Waals surface area contributed by atoms with Crippen molar-refractivity contribution >= 4 is 23.2 Å². The highest BCUT2D eigenvalue weighted by molar-refractivity contribution is 5.95. The van der Waals surface area contributed by atoms with Crippen molar-refractivity contribution in [2.45, 2.75) is 46.6 Å². The number of hydrogen-bond acceptors (Lipinski definition) is 5. The summed E-state index contributed by atoms with van der Waals surface area (Å²) in [6.07, 6.45) is -0.229. The summed E-state index contributed by atoms with van der Waals surface area (Å²) in [6, 6.07) is 11.0. The maximum Gasteiger partial charge on any atom is 0.306 e. The minimum Gasteiger partial charge on any atom is -0.453 e. The molecule has 3 aromatic rings. The van der Waals surface area contributed by atoms with Crippen LogP contribution < -0.4 is 5.32 Å². The largest absolute Gasteiger partial charge is 0.453 e. The molecular weight excluding hydrogens is 356 g/mol. The molecule has 0 aliphatic carbocycles. The van der Waals surface area contributed by atoms with Crippen LogP contribution in [0.2, 0.25) is 0 Å². The number of aromatic nitrogens is 3. The van der Waals surface area contributed by atoms with Gasteiger partial charge in [-0.1, -0.05) is 18.2 Å². The number of nitrogens with zero attached hydrogens (tertiary/aromatic N) is 3. The van der Waals surface area contributed by atoms with Crippen molar-refractivity contribution in [3.63, 3.8) is 0 Å². The first-order chi connectivity index (χ1) is 13.3. The van der Waals surface area contributed by atoms with Gasteiger partial charge < -0.3 is 10.1 Å². The number of ether oxygens (including phenoxy) is 1. The van der Waals surface area contributed by atoms with Gasteiger partial charge in [0.1, 0.15) is 0 Å². The van der Waals surface area contributed by atoms with Crippen LogP contribution in [-0.2, 0) is 20.7 Å². The van der Waals surface area contributed by atoms with E-state index in [1.54, 1.807) is 23.6 Å². The average molecular weight is 380 g/mol. The van der Waals surface area contributed by atoms with Crippen LogP contribution in [-0.4, -0.2) is 32.6 Å². The molecule has 2 heterocycles. The van der Waals surface area contributed by atoms with E-state index in [1.807, 2.05) is 45.0 Å². The quantitative estimate of drug-likeness (QED) is 0.664. The van der Waals surface area contributed by atoms with E-state index in [1.165, 1.54) is 0 Å². The van der Waals surface area contributed by atoms with Crippen molar-refractivity contribution < 1.29 is 14.3 Å². The number of anilines is 1. The Hall–Kier alpha value is -3.22. The highest BCUT2D eigenvalue weighted by Gasteiger charge is 2.19. The fourth-order valence-electron chi connectivity index (χ4n) is 3.11. The molecule has 7 nitrogen and oxygen atoms in total. The van der Waals surface area contributed by atoms with Gasteiger partial charge in [0.15, 0.2) is 11.8 Å². The number of aryl methyl sites for hydroxylation is 3. The van der Waals surface area contributed by atoms with Crippen molar-refractivity contribution in [2.75, 3.05) is 5.32 Å². The van der Waals surface area contributed by atoms with Gasteiger partial charge >= 0.3 is 5.97 Å². The minimum absolute atomic E-state index is 0.165. The minimum atomic E-state index is -0.871. The summed E-state index contributed by atoms with van der Waals surface area (Å²) in [5.74, 6) is -0.784. The summed E-state index contributed by atoms with van der Waals surface area (Å²) in [5.41, 5.74) is 5.14. The number of hydrogen-bond donors (Lipinski definition) is 1. The van der Waals surface area contributed by atoms with Crippen LogP contribution in [0.1, 0.15) is 36.0 Å². The first-order valence-corrected chi connectivity index (χ1v) is 9.23. The van der Waals surface area contributed by atoms with Gasteiger partial charge in [-0.2, -0.15) is 5.10 Å². The van der Waals surface area contributed by atoms with Crippen LogP contribution >= 0.6 is 0 Å². The molecular formula is C21H24N4O3. The van der Waals surface area contributed by atoms with E-state index < -0.39 is 12.1 Å². The molecule has 146 valence electrons. The van der Waals surface area contributed by atoms with Gasteiger partial charge in [0.2, 0.25) is 0 Å². The Balaban J connectivity index is 1.59. The Morgan fingerprint density at radius 3 is 2.61 bits per heavy atom. The van der Waals surface area contributed by atoms with Gasteiger partial charge in [-0.15, -0.1) is 0 Å². The monoisotopic (exact) mass is 380 g/mol. The van der Waals surface area contributed by atoms with Crippen molar-refractivity contribution in [1.29, 1.82) is 0 Å². The normalized spacial score (nSPS) is 12.0. The maximum absolute atomic E-state index is 12.2. The summed E-state index contributed by atoms with van der Waals surface area (Å²) < 4.78 is 7.07. The van der Waals surface area contributed by atoms with E-state index in [-0.39, 0.29) is 12.3 Å². The van der Waals surface area contributed by atoms with Gasteiger partial charge in [-0.05, 0) is 51.8 Å². The van der Waals surface area contributed by atoms with Crippen LogP contribution in [0.3, 0.4) is 0 Å². The number of carbonyl (C=O) groups is 2. The first-order valence-electron chi connectivity index (χ1n) is 9.23. The smallest absolute Gasteiger partial charge is 0.306 e. The predicted octanol–water partition coefficient (Wildman–Crippen LogP) is 3.16. The number of para-hydroxylation sites is 1. The molecule has 0 bridgehead atoms. The lowest BCUT2D eigenvalue weighted by atomic mass is 10.1. The summed E-state index contributed by atoms with van der Waals surface area (Å²) in [4.78, 5) is 29.0. The molecule has 0 radical (unpaired) electrons. The lowest BCUT2D eigenvalue weighted by molar-refractivity contribution is -0.153. The van der Waals surface area contributed by atoms with Gasteiger partial charge in [-0.25, -0.2) is 9.50 Å². The maximum atomic E-state index is 12.2. The van der Waals surface area contributed by atoms with Crippen LogP contribution in [0, 0.1) is 20.8 Å². The highest BCUT2D eigenvalue weighted by atomic mass is 16.5. The predicted molar refractivity (Wildman–Crippen MR) is 106 cm³/mol. The molecule has 0 spiro atoms. The third-order valence-corrected chi connectivity index (χ3v) is 4.58. The molecule has 28 heavy (non-hydrogen) atoms. The molecule has 0 aliphatic rings. The van der Waals surface area contributed by atoms with Crippen LogP contribution in [0.15, 0.2) is 36.4 Å². The Bertz CT molecular complexity index is 1010. The lowest BCUT2D eigenvalue weighted by Crippen LogP contribution is -2.30. The zero-order valence-electron chi connectivity index (χ0n) is 16.5. The summed E-state index contributed by atoms with van der Waals surface area (Å²) in [7, 11) is 0. The van der Waals surface area contributed by atoms with Crippen molar-refractivity contribution in [1.82, 2.24) is 14.6 Å². The molecule has 1 N–H and O–H groups in total. The zero-order chi connectivity index (χ0) is 20.3. The number of esters is 1. The number of amides is 1. The molecule has 1 atom stereocenters. The zero-order valence-corrected chi connectivity index (χ0v) is 16.5. The molecule has 3 rings (SSSR count). The standard InChI is InChI=1S/C21H24N4O3/c1-13-12-19-22-14(2)18(15(3)25(19)24-13)10-11-20(26)28-16(4)21(27)23-17-8-6-5-7-9-17/h5-9,12,16H,10-11H2,1-4H3,(H,23,27)/t16-/m1/s1. The third-order valence-electron chi connectivity index (χ3n) is 4.58. The SMILES string of the molecule is Cc1cc2nc(C)c(CCC(=O)O[C@H](C)C(=O)Nc3ccccc3)c(C)n2n1. The fourth-order valence-corrected chi connectivity index (χ4v) is 3.11. The first kappa shape index (κ1) is 19.5. The van der Waals surface area contributed by atoms with E-state index in [2.05, 4.69) is 15.4 Å². The molecule has 0 fully saturated rings. The van der Waals surface area contributed by atoms with Crippen LogP contribution in [0.25, 0.3) is 5.65 Å². The van der Waals surface area contributed by atoms with Crippen LogP contribution in [0.5, 0.6) is 0 Å². The van der Waals surface area contributed by atoms with Gasteiger partial charge in [0.05, 0.1) is 5.69 Å². The summed E-state index contributed by atoms with van der Waals surface area (Å²) >= 11 is 0. The Morgan fingerprint density at radius 1 is 1.18 bits per heavy atom. The molecule has 0 saturated heterocycles. The number of benzene rings is 1. The average Bonchev–Trinajstić information content (AvgIpc) is 3.02. The molecule has 1 amide bonds.